The molecule has 4 aliphatic rings. The topological polar surface area (TPSA) is 3.24 Å². The number of hydrogen-bond acceptors (Lipinski definition) is 1. The average Bonchev–Trinajstić information content (AvgIpc) is 3.77. The van der Waals surface area contributed by atoms with Crippen LogP contribution in [0, 0.1) is 18.8 Å². The predicted molar refractivity (Wildman–Crippen MR) is 230 cm³/mol. The molecule has 0 heterocycles. The molecule has 0 aromatic heterocycles. The molecule has 0 saturated carbocycles. The maximum atomic E-state index is 2.58. The molecule has 0 radical (unpaired) electrons. The van der Waals surface area contributed by atoms with Crippen LogP contribution in [-0.4, -0.2) is 0 Å². The summed E-state index contributed by atoms with van der Waals surface area (Å²) in [4.78, 5) is 2.51. The van der Waals surface area contributed by atoms with Crippen LogP contribution in [0.4, 0.5) is 17.1 Å². The molecule has 1 nitrogen and oxygen atoms in total. The van der Waals surface area contributed by atoms with Gasteiger partial charge in [-0.25, -0.2) is 0 Å². The van der Waals surface area contributed by atoms with E-state index in [0.29, 0.717) is 17.8 Å². The highest BCUT2D eigenvalue weighted by molar-refractivity contribution is 5.89. The summed E-state index contributed by atoms with van der Waals surface area (Å²) in [5.74, 6) is 1.36. The summed E-state index contributed by atoms with van der Waals surface area (Å²) in [6.07, 6.45) is 6.17. The fraction of sp³-hybridized carbons (Fsp3) is 0.185. The van der Waals surface area contributed by atoms with Gasteiger partial charge in [0.1, 0.15) is 0 Å². The lowest BCUT2D eigenvalue weighted by Gasteiger charge is -2.39. The van der Waals surface area contributed by atoms with E-state index in [1.165, 1.54) is 90.1 Å². The maximum absolute atomic E-state index is 2.58. The Hall–Kier alpha value is -5.92. The lowest BCUT2D eigenvalue weighted by atomic mass is 9.62. The van der Waals surface area contributed by atoms with E-state index in [0.717, 1.165) is 5.69 Å². The van der Waals surface area contributed by atoms with Crippen molar-refractivity contribution < 1.29 is 0 Å². The molecule has 266 valence electrons. The van der Waals surface area contributed by atoms with Crippen LogP contribution in [0.25, 0.3) is 33.4 Å². The molecule has 0 N–H and O–H groups in total. The van der Waals surface area contributed by atoms with Gasteiger partial charge in [0.25, 0.3) is 0 Å². The Balaban J connectivity index is 1.13. The minimum absolute atomic E-state index is 0.0963. The molecule has 0 saturated heterocycles. The monoisotopic (exact) mass is 707 g/mol. The SMILES string of the molecule is Cc1ccc(-c2ccc(N(c3ccc4c(c3)C(C)(C)c3ccccc3-4)c3ccc4c(c3)C3(c5ccccc5-c5ccccc53)C3CC(C)C=CC43)cc2)cc1. The number of rotatable bonds is 4. The van der Waals surface area contributed by atoms with Crippen molar-refractivity contribution in [3.63, 3.8) is 0 Å². The molecule has 55 heavy (non-hydrogen) atoms. The second-order valence-electron chi connectivity index (χ2n) is 17.0. The van der Waals surface area contributed by atoms with Gasteiger partial charge in [-0.1, -0.05) is 160 Å². The van der Waals surface area contributed by atoms with Crippen molar-refractivity contribution in [2.24, 2.45) is 11.8 Å². The summed E-state index contributed by atoms with van der Waals surface area (Å²) < 4.78 is 0. The fourth-order valence-electron chi connectivity index (χ4n) is 11.1. The highest BCUT2D eigenvalue weighted by Crippen LogP contribution is 2.67. The first kappa shape index (κ1) is 32.5. The lowest BCUT2D eigenvalue weighted by molar-refractivity contribution is 0.314. The summed E-state index contributed by atoms with van der Waals surface area (Å²) in [7, 11) is 0. The van der Waals surface area contributed by atoms with Gasteiger partial charge >= 0.3 is 0 Å². The van der Waals surface area contributed by atoms with Gasteiger partial charge in [-0.3, -0.25) is 0 Å². The molecule has 1 heteroatoms. The van der Waals surface area contributed by atoms with Gasteiger partial charge in [-0.15, -0.1) is 0 Å². The largest absolute Gasteiger partial charge is 0.310 e. The van der Waals surface area contributed by atoms with Gasteiger partial charge in [0.15, 0.2) is 0 Å². The molecular weight excluding hydrogens is 663 g/mol. The van der Waals surface area contributed by atoms with Crippen LogP contribution in [0.15, 0.2) is 170 Å². The van der Waals surface area contributed by atoms with E-state index in [-0.39, 0.29) is 10.8 Å². The third kappa shape index (κ3) is 4.53. The molecule has 1 spiro atoms. The van der Waals surface area contributed by atoms with Crippen molar-refractivity contribution in [3.05, 3.63) is 209 Å². The highest BCUT2D eigenvalue weighted by Gasteiger charge is 2.58. The number of hydrogen-bond donors (Lipinski definition) is 0. The molecule has 0 aliphatic heterocycles. The van der Waals surface area contributed by atoms with Crippen molar-refractivity contribution in [3.8, 4) is 33.4 Å². The first-order chi connectivity index (χ1) is 26.8. The Morgan fingerprint density at radius 3 is 1.65 bits per heavy atom. The van der Waals surface area contributed by atoms with E-state index in [1.54, 1.807) is 0 Å². The van der Waals surface area contributed by atoms with E-state index in [1.807, 2.05) is 0 Å². The maximum Gasteiger partial charge on any atom is 0.0504 e. The van der Waals surface area contributed by atoms with Gasteiger partial charge in [0, 0.05) is 28.4 Å². The first-order valence-corrected chi connectivity index (χ1v) is 20.1. The van der Waals surface area contributed by atoms with Gasteiger partial charge in [0.05, 0.1) is 5.41 Å². The molecule has 0 fully saturated rings. The molecule has 7 aromatic rings. The minimum Gasteiger partial charge on any atom is -0.310 e. The number of anilines is 3. The molecule has 0 amide bonds. The smallest absolute Gasteiger partial charge is 0.0504 e. The normalized spacial score (nSPS) is 20.0. The highest BCUT2D eigenvalue weighted by atomic mass is 15.1. The second kappa shape index (κ2) is 11.8. The summed E-state index contributed by atoms with van der Waals surface area (Å²) >= 11 is 0. The Labute approximate surface area is 325 Å². The molecule has 3 atom stereocenters. The van der Waals surface area contributed by atoms with Crippen molar-refractivity contribution in [2.45, 2.75) is 50.9 Å². The van der Waals surface area contributed by atoms with Gasteiger partial charge in [-0.05, 0) is 128 Å². The third-order valence-corrected chi connectivity index (χ3v) is 13.7. The van der Waals surface area contributed by atoms with E-state index in [4.69, 9.17) is 0 Å². The Bertz CT molecular complexity index is 2650. The zero-order chi connectivity index (χ0) is 37.1. The molecule has 3 unspecified atom stereocenters. The van der Waals surface area contributed by atoms with Crippen LogP contribution >= 0.6 is 0 Å². The van der Waals surface area contributed by atoms with Crippen LogP contribution in [0.5, 0.6) is 0 Å². The first-order valence-electron chi connectivity index (χ1n) is 20.1. The molecule has 0 bridgehead atoms. The minimum atomic E-state index is -0.218. The summed E-state index contributed by atoms with van der Waals surface area (Å²) in [6, 6.07) is 60.2. The van der Waals surface area contributed by atoms with Gasteiger partial charge < -0.3 is 4.90 Å². The van der Waals surface area contributed by atoms with Crippen LogP contribution in [0.3, 0.4) is 0 Å². The molecule has 4 aliphatic carbocycles. The van der Waals surface area contributed by atoms with E-state index in [2.05, 4.69) is 202 Å². The zero-order valence-corrected chi connectivity index (χ0v) is 32.1. The summed E-state index contributed by atoms with van der Waals surface area (Å²) in [6.45, 7) is 9.31. The lowest BCUT2D eigenvalue weighted by Crippen LogP contribution is -2.35. The number of allylic oxidation sites excluding steroid dienone is 2. The Morgan fingerprint density at radius 2 is 1.00 bits per heavy atom. The fourth-order valence-corrected chi connectivity index (χ4v) is 11.1. The van der Waals surface area contributed by atoms with Gasteiger partial charge in [-0.2, -0.15) is 0 Å². The van der Waals surface area contributed by atoms with E-state index in [9.17, 15) is 0 Å². The van der Waals surface area contributed by atoms with Crippen molar-refractivity contribution >= 4 is 17.1 Å². The number of benzene rings is 7. The summed E-state index contributed by atoms with van der Waals surface area (Å²) in [5.41, 5.74) is 21.1. The van der Waals surface area contributed by atoms with E-state index < -0.39 is 0 Å². The molecule has 11 rings (SSSR count). The Morgan fingerprint density at radius 1 is 0.491 bits per heavy atom. The van der Waals surface area contributed by atoms with Crippen molar-refractivity contribution in [2.75, 3.05) is 4.90 Å². The van der Waals surface area contributed by atoms with Crippen LogP contribution in [-0.2, 0) is 10.8 Å². The van der Waals surface area contributed by atoms with Crippen molar-refractivity contribution in [1.29, 1.82) is 0 Å². The number of aryl methyl sites for hydroxylation is 1. The standard InChI is InChI=1S/C54H45N/c1-34-17-20-36(21-18-34)37-22-24-38(25-23-37)55(39-26-29-44-41-11-5-8-14-47(41)53(3,4)50(44)32-39)40-27-30-46-45-28-19-35(2)31-51(45)54(52(46)33-40)48-15-9-6-12-42(48)43-13-7-10-16-49(43)54/h5-30,32-33,35,45,51H,31H2,1-4H3. The zero-order valence-electron chi connectivity index (χ0n) is 32.1. The van der Waals surface area contributed by atoms with Crippen molar-refractivity contribution in [1.82, 2.24) is 0 Å². The number of fused-ring (bicyclic) bond motifs is 13. The quantitative estimate of drug-likeness (QED) is 0.165. The van der Waals surface area contributed by atoms with E-state index >= 15 is 0 Å². The van der Waals surface area contributed by atoms with Crippen LogP contribution in [0.2, 0.25) is 0 Å². The third-order valence-electron chi connectivity index (χ3n) is 13.7. The predicted octanol–water partition coefficient (Wildman–Crippen LogP) is 14.1. The molecule has 7 aromatic carbocycles. The summed E-state index contributed by atoms with van der Waals surface area (Å²) in [5, 5.41) is 0. The Kier molecular flexibility index (Phi) is 6.97. The number of nitrogens with zero attached hydrogens (tertiary/aromatic N) is 1. The van der Waals surface area contributed by atoms with Gasteiger partial charge in [0.2, 0.25) is 0 Å². The molecular formula is C54H45N. The van der Waals surface area contributed by atoms with Crippen LogP contribution < -0.4 is 4.90 Å². The van der Waals surface area contributed by atoms with Crippen LogP contribution in [0.1, 0.15) is 72.1 Å². The average molecular weight is 708 g/mol. The second-order valence-corrected chi connectivity index (χ2v) is 17.0.